The van der Waals surface area contributed by atoms with Crippen LogP contribution >= 0.6 is 0 Å². The molecule has 126 valence electrons. The Hall–Kier alpha value is -2.70. The molecular weight excluding hydrogens is 308 g/mol. The van der Waals surface area contributed by atoms with E-state index in [-0.39, 0.29) is 18.2 Å². The van der Waals surface area contributed by atoms with Crippen molar-refractivity contribution in [2.75, 3.05) is 13.1 Å². The van der Waals surface area contributed by atoms with Crippen molar-refractivity contribution in [3.63, 3.8) is 0 Å². The van der Waals surface area contributed by atoms with Crippen LogP contribution in [-0.4, -0.2) is 49.7 Å². The van der Waals surface area contributed by atoms with Crippen molar-refractivity contribution in [2.24, 2.45) is 5.92 Å². The van der Waals surface area contributed by atoms with Gasteiger partial charge in [0.2, 0.25) is 5.91 Å². The highest BCUT2D eigenvalue weighted by molar-refractivity contribution is 5.79. The smallest absolute Gasteiger partial charge is 0.303 e. The van der Waals surface area contributed by atoms with Crippen molar-refractivity contribution >= 4 is 11.9 Å². The minimum absolute atomic E-state index is 0.0980. The number of carbonyl (C=O) groups is 2. The molecule has 0 saturated carbocycles. The van der Waals surface area contributed by atoms with Crippen molar-refractivity contribution in [1.82, 2.24) is 19.7 Å². The molecule has 0 aliphatic carbocycles. The van der Waals surface area contributed by atoms with Gasteiger partial charge in [-0.1, -0.05) is 12.1 Å². The number of piperidine rings is 1. The number of hydrogen-bond acceptors (Lipinski definition) is 4. The first-order valence-corrected chi connectivity index (χ1v) is 8.05. The Kier molecular flexibility index (Phi) is 4.88. The predicted octanol–water partition coefficient (Wildman–Crippen LogP) is 1.52. The molecular formula is C17H20N4O3. The van der Waals surface area contributed by atoms with Gasteiger partial charge < -0.3 is 10.0 Å². The first kappa shape index (κ1) is 16.2. The van der Waals surface area contributed by atoms with E-state index in [2.05, 4.69) is 10.2 Å². The maximum Gasteiger partial charge on any atom is 0.303 e. The van der Waals surface area contributed by atoms with Crippen LogP contribution in [0.1, 0.15) is 24.8 Å². The zero-order valence-corrected chi connectivity index (χ0v) is 13.3. The van der Waals surface area contributed by atoms with E-state index in [9.17, 15) is 9.59 Å². The maximum atomic E-state index is 12.4. The van der Waals surface area contributed by atoms with Gasteiger partial charge in [-0.05, 0) is 36.5 Å². The van der Waals surface area contributed by atoms with Gasteiger partial charge in [-0.25, -0.2) is 0 Å². The summed E-state index contributed by atoms with van der Waals surface area (Å²) in [5, 5.41) is 16.4. The van der Waals surface area contributed by atoms with Crippen LogP contribution in [0.15, 0.2) is 36.9 Å². The molecule has 0 atom stereocenters. The van der Waals surface area contributed by atoms with Crippen LogP contribution in [0.25, 0.3) is 5.69 Å². The number of aromatic nitrogens is 3. The summed E-state index contributed by atoms with van der Waals surface area (Å²) in [5.74, 6) is -0.469. The number of likely N-dealkylation sites (tertiary alicyclic amines) is 1. The Bertz CT molecular complexity index is 689. The second-order valence-electron chi connectivity index (χ2n) is 6.13. The lowest BCUT2D eigenvalue weighted by atomic mass is 9.93. The van der Waals surface area contributed by atoms with E-state index in [1.165, 1.54) is 0 Å². The lowest BCUT2D eigenvalue weighted by Gasteiger charge is -2.31. The van der Waals surface area contributed by atoms with Crippen LogP contribution in [0, 0.1) is 5.92 Å². The Balaban J connectivity index is 1.53. The third kappa shape index (κ3) is 3.98. The molecule has 1 saturated heterocycles. The van der Waals surface area contributed by atoms with E-state index in [1.807, 2.05) is 29.2 Å². The minimum atomic E-state index is -0.757. The van der Waals surface area contributed by atoms with E-state index in [1.54, 1.807) is 17.2 Å². The number of carbonyl (C=O) groups excluding carboxylic acids is 1. The normalized spacial score (nSPS) is 15.4. The fraction of sp³-hybridized carbons (Fsp3) is 0.412. The summed E-state index contributed by atoms with van der Waals surface area (Å²) in [6.45, 7) is 1.30. The molecule has 1 fully saturated rings. The highest BCUT2D eigenvalue weighted by Gasteiger charge is 2.24. The monoisotopic (exact) mass is 328 g/mol. The molecule has 1 aliphatic rings. The van der Waals surface area contributed by atoms with E-state index in [0.717, 1.165) is 24.1 Å². The third-order valence-electron chi connectivity index (χ3n) is 4.44. The molecule has 1 aliphatic heterocycles. The molecule has 1 aromatic heterocycles. The van der Waals surface area contributed by atoms with Gasteiger partial charge >= 0.3 is 5.97 Å². The van der Waals surface area contributed by atoms with E-state index < -0.39 is 5.97 Å². The van der Waals surface area contributed by atoms with E-state index in [0.29, 0.717) is 19.5 Å². The summed E-state index contributed by atoms with van der Waals surface area (Å²) in [4.78, 5) is 25.0. The Labute approximate surface area is 139 Å². The number of carboxylic acids is 1. The van der Waals surface area contributed by atoms with Gasteiger partial charge in [0, 0.05) is 25.2 Å². The van der Waals surface area contributed by atoms with Crippen molar-refractivity contribution in [2.45, 2.75) is 25.7 Å². The van der Waals surface area contributed by atoms with Gasteiger partial charge in [0.05, 0.1) is 6.42 Å². The van der Waals surface area contributed by atoms with Gasteiger partial charge in [-0.3, -0.25) is 14.2 Å². The molecule has 2 heterocycles. The number of amides is 1. The SMILES string of the molecule is O=C(O)CC1CCN(C(=O)Cc2ccc(-n3cnnc3)cc2)CC1. The van der Waals surface area contributed by atoms with Crippen LogP contribution in [0.4, 0.5) is 0 Å². The average Bonchev–Trinajstić information content (AvgIpc) is 3.10. The average molecular weight is 328 g/mol. The second-order valence-corrected chi connectivity index (χ2v) is 6.13. The van der Waals surface area contributed by atoms with Crippen molar-refractivity contribution in [3.8, 4) is 5.69 Å². The lowest BCUT2D eigenvalue weighted by Crippen LogP contribution is -2.39. The molecule has 0 spiro atoms. The van der Waals surface area contributed by atoms with E-state index in [4.69, 9.17) is 5.11 Å². The van der Waals surface area contributed by atoms with Gasteiger partial charge in [0.1, 0.15) is 12.7 Å². The van der Waals surface area contributed by atoms with Gasteiger partial charge in [0.25, 0.3) is 0 Å². The quantitative estimate of drug-likeness (QED) is 0.899. The number of hydrogen-bond donors (Lipinski definition) is 1. The highest BCUT2D eigenvalue weighted by Crippen LogP contribution is 2.21. The summed E-state index contributed by atoms with van der Waals surface area (Å²) >= 11 is 0. The predicted molar refractivity (Wildman–Crippen MR) is 86.6 cm³/mol. The van der Waals surface area contributed by atoms with Gasteiger partial charge in [-0.2, -0.15) is 0 Å². The number of rotatable bonds is 5. The molecule has 0 bridgehead atoms. The summed E-state index contributed by atoms with van der Waals surface area (Å²) in [6.07, 6.45) is 5.36. The summed E-state index contributed by atoms with van der Waals surface area (Å²) in [6, 6.07) is 7.74. The molecule has 7 heteroatoms. The van der Waals surface area contributed by atoms with Gasteiger partial charge in [-0.15, -0.1) is 10.2 Å². The van der Waals surface area contributed by atoms with E-state index >= 15 is 0 Å². The Morgan fingerprint density at radius 3 is 2.29 bits per heavy atom. The molecule has 24 heavy (non-hydrogen) atoms. The van der Waals surface area contributed by atoms with Crippen LogP contribution in [-0.2, 0) is 16.0 Å². The topological polar surface area (TPSA) is 88.3 Å². The fourth-order valence-electron chi connectivity index (χ4n) is 3.04. The number of nitrogens with zero attached hydrogens (tertiary/aromatic N) is 4. The van der Waals surface area contributed by atoms with Crippen LogP contribution in [0.2, 0.25) is 0 Å². The zero-order chi connectivity index (χ0) is 16.9. The number of benzene rings is 1. The van der Waals surface area contributed by atoms with Crippen LogP contribution in [0.5, 0.6) is 0 Å². The molecule has 1 amide bonds. The molecule has 0 unspecified atom stereocenters. The molecule has 1 aromatic carbocycles. The Morgan fingerprint density at radius 2 is 1.71 bits per heavy atom. The van der Waals surface area contributed by atoms with Crippen LogP contribution in [0.3, 0.4) is 0 Å². The summed E-state index contributed by atoms with van der Waals surface area (Å²) < 4.78 is 1.80. The first-order valence-electron chi connectivity index (χ1n) is 8.05. The Morgan fingerprint density at radius 1 is 1.08 bits per heavy atom. The summed E-state index contributed by atoms with van der Waals surface area (Å²) in [7, 11) is 0. The maximum absolute atomic E-state index is 12.4. The van der Waals surface area contributed by atoms with Crippen molar-refractivity contribution in [3.05, 3.63) is 42.5 Å². The van der Waals surface area contributed by atoms with Gasteiger partial charge in [0.15, 0.2) is 0 Å². The lowest BCUT2D eigenvalue weighted by molar-refractivity contribution is -0.138. The minimum Gasteiger partial charge on any atom is -0.481 e. The summed E-state index contributed by atoms with van der Waals surface area (Å²) in [5.41, 5.74) is 1.91. The highest BCUT2D eigenvalue weighted by atomic mass is 16.4. The largest absolute Gasteiger partial charge is 0.481 e. The fourth-order valence-corrected chi connectivity index (χ4v) is 3.04. The molecule has 3 rings (SSSR count). The molecule has 1 N–H and O–H groups in total. The third-order valence-corrected chi connectivity index (χ3v) is 4.44. The van der Waals surface area contributed by atoms with Crippen molar-refractivity contribution < 1.29 is 14.7 Å². The van der Waals surface area contributed by atoms with Crippen molar-refractivity contribution in [1.29, 1.82) is 0 Å². The second kappa shape index (κ2) is 7.25. The molecule has 7 nitrogen and oxygen atoms in total. The van der Waals surface area contributed by atoms with Crippen LogP contribution < -0.4 is 0 Å². The molecule has 2 aromatic rings. The standard InChI is InChI=1S/C17H20N4O3/c22-16(20-7-5-14(6-8-20)10-17(23)24)9-13-1-3-15(4-2-13)21-11-18-19-12-21/h1-4,11-12,14H,5-10H2,(H,23,24). The number of aliphatic carboxylic acids is 1. The number of carboxylic acid groups (broad SMARTS) is 1. The first-order chi connectivity index (χ1) is 11.6. The molecule has 0 radical (unpaired) electrons. The zero-order valence-electron chi connectivity index (χ0n) is 13.3.